The summed E-state index contributed by atoms with van der Waals surface area (Å²) in [6.07, 6.45) is 11.1. The van der Waals surface area contributed by atoms with E-state index in [-0.39, 0.29) is 0 Å². The molecule has 1 atom stereocenters. The van der Waals surface area contributed by atoms with Crippen molar-refractivity contribution in [3.63, 3.8) is 0 Å². The highest BCUT2D eigenvalue weighted by Crippen LogP contribution is 2.33. The van der Waals surface area contributed by atoms with Crippen LogP contribution < -0.4 is 5.32 Å². The first-order valence-corrected chi connectivity index (χ1v) is 7.73. The van der Waals surface area contributed by atoms with Crippen LogP contribution in [0.3, 0.4) is 0 Å². The Kier molecular flexibility index (Phi) is 6.54. The summed E-state index contributed by atoms with van der Waals surface area (Å²) >= 11 is 0. The van der Waals surface area contributed by atoms with Gasteiger partial charge >= 0.3 is 0 Å². The quantitative estimate of drug-likeness (QED) is 0.520. The van der Waals surface area contributed by atoms with Crippen LogP contribution in [0.4, 0.5) is 0 Å². The van der Waals surface area contributed by atoms with Crippen molar-refractivity contribution in [2.75, 3.05) is 6.54 Å². The van der Waals surface area contributed by atoms with Crippen LogP contribution in [-0.4, -0.2) is 12.6 Å². The van der Waals surface area contributed by atoms with Crippen molar-refractivity contribution in [2.24, 2.45) is 11.3 Å². The standard InChI is InChI=1S/C16H33N/c1-14(2)8-5-6-13-17-15-9-7-11-16(3,4)12-10-15/h14-15,17H,5-13H2,1-4H3. The highest BCUT2D eigenvalue weighted by atomic mass is 14.9. The molecule has 0 radical (unpaired) electrons. The van der Waals surface area contributed by atoms with E-state index in [1.54, 1.807) is 0 Å². The molecule has 1 aliphatic rings. The molecule has 1 aliphatic carbocycles. The molecule has 1 rings (SSSR count). The summed E-state index contributed by atoms with van der Waals surface area (Å²) in [6.45, 7) is 10.7. The van der Waals surface area contributed by atoms with E-state index in [2.05, 4.69) is 33.0 Å². The van der Waals surface area contributed by atoms with Crippen molar-refractivity contribution in [1.29, 1.82) is 0 Å². The van der Waals surface area contributed by atoms with Gasteiger partial charge in [0.05, 0.1) is 0 Å². The minimum absolute atomic E-state index is 0.591. The van der Waals surface area contributed by atoms with Crippen molar-refractivity contribution in [3.8, 4) is 0 Å². The van der Waals surface area contributed by atoms with E-state index in [4.69, 9.17) is 0 Å². The molecule has 0 aromatic rings. The molecular formula is C16H33N. The molecule has 0 bridgehead atoms. The average molecular weight is 239 g/mol. The van der Waals surface area contributed by atoms with Crippen LogP contribution in [0.2, 0.25) is 0 Å². The molecule has 1 N–H and O–H groups in total. The highest BCUT2D eigenvalue weighted by molar-refractivity contribution is 4.79. The lowest BCUT2D eigenvalue weighted by Gasteiger charge is -2.22. The Bertz CT molecular complexity index is 196. The van der Waals surface area contributed by atoms with Crippen LogP contribution in [-0.2, 0) is 0 Å². The molecule has 1 heteroatoms. The molecule has 1 nitrogen and oxygen atoms in total. The first kappa shape index (κ1) is 15.0. The summed E-state index contributed by atoms with van der Waals surface area (Å²) in [5.74, 6) is 0.869. The normalized spacial score (nSPS) is 24.9. The summed E-state index contributed by atoms with van der Waals surface area (Å²) in [5, 5.41) is 3.77. The van der Waals surface area contributed by atoms with Crippen molar-refractivity contribution in [2.45, 2.75) is 85.1 Å². The number of nitrogens with one attached hydrogen (secondary N) is 1. The Hall–Kier alpha value is -0.0400. The van der Waals surface area contributed by atoms with Crippen LogP contribution in [0, 0.1) is 11.3 Å². The topological polar surface area (TPSA) is 12.0 Å². The zero-order valence-electron chi connectivity index (χ0n) is 12.5. The van der Waals surface area contributed by atoms with Gasteiger partial charge in [-0.1, -0.05) is 47.0 Å². The van der Waals surface area contributed by atoms with Gasteiger partial charge in [0, 0.05) is 6.04 Å². The minimum atomic E-state index is 0.591. The monoisotopic (exact) mass is 239 g/mol. The van der Waals surface area contributed by atoms with Gasteiger partial charge in [-0.25, -0.2) is 0 Å². The van der Waals surface area contributed by atoms with Gasteiger partial charge in [0.15, 0.2) is 0 Å². The lowest BCUT2D eigenvalue weighted by Crippen LogP contribution is -2.29. The van der Waals surface area contributed by atoms with Gasteiger partial charge in [-0.05, 0) is 50.0 Å². The third-order valence-electron chi connectivity index (χ3n) is 4.22. The van der Waals surface area contributed by atoms with Crippen LogP contribution in [0.15, 0.2) is 0 Å². The van der Waals surface area contributed by atoms with Gasteiger partial charge in [0.25, 0.3) is 0 Å². The largest absolute Gasteiger partial charge is 0.314 e. The van der Waals surface area contributed by atoms with Gasteiger partial charge in [0.2, 0.25) is 0 Å². The van der Waals surface area contributed by atoms with Gasteiger partial charge < -0.3 is 5.32 Å². The number of hydrogen-bond acceptors (Lipinski definition) is 1. The Labute approximate surface area is 109 Å². The minimum Gasteiger partial charge on any atom is -0.314 e. The summed E-state index contributed by atoms with van der Waals surface area (Å²) < 4.78 is 0. The summed E-state index contributed by atoms with van der Waals surface area (Å²) in [5.41, 5.74) is 0.591. The molecule has 0 spiro atoms. The zero-order valence-corrected chi connectivity index (χ0v) is 12.5. The van der Waals surface area contributed by atoms with Crippen molar-refractivity contribution >= 4 is 0 Å². The fourth-order valence-corrected chi connectivity index (χ4v) is 2.85. The summed E-state index contributed by atoms with van der Waals surface area (Å²) in [4.78, 5) is 0. The Morgan fingerprint density at radius 3 is 2.59 bits per heavy atom. The average Bonchev–Trinajstić information content (AvgIpc) is 2.39. The zero-order chi connectivity index (χ0) is 12.7. The fraction of sp³-hybridized carbons (Fsp3) is 1.00. The second-order valence-electron chi connectivity index (χ2n) is 7.14. The maximum Gasteiger partial charge on any atom is 0.00672 e. The molecule has 0 aromatic carbocycles. The number of unbranched alkanes of at least 4 members (excludes halogenated alkanes) is 1. The maximum atomic E-state index is 3.77. The van der Waals surface area contributed by atoms with Crippen LogP contribution in [0.1, 0.15) is 79.1 Å². The molecule has 1 saturated carbocycles. The van der Waals surface area contributed by atoms with E-state index in [0.29, 0.717) is 5.41 Å². The lowest BCUT2D eigenvalue weighted by molar-refractivity contribution is 0.309. The lowest BCUT2D eigenvalue weighted by atomic mass is 9.85. The number of rotatable bonds is 6. The third-order valence-corrected chi connectivity index (χ3v) is 4.22. The highest BCUT2D eigenvalue weighted by Gasteiger charge is 2.23. The van der Waals surface area contributed by atoms with Crippen molar-refractivity contribution < 1.29 is 0 Å². The SMILES string of the molecule is CC(C)CCCCNC1CCCC(C)(C)CC1. The summed E-state index contributed by atoms with van der Waals surface area (Å²) in [6, 6.07) is 0.802. The Balaban J connectivity index is 2.07. The van der Waals surface area contributed by atoms with Crippen LogP contribution in [0.25, 0.3) is 0 Å². The first-order valence-electron chi connectivity index (χ1n) is 7.73. The predicted molar refractivity (Wildman–Crippen MR) is 77.3 cm³/mol. The third kappa shape index (κ3) is 7.08. The fourth-order valence-electron chi connectivity index (χ4n) is 2.85. The second kappa shape index (κ2) is 7.41. The molecular weight excluding hydrogens is 206 g/mol. The van der Waals surface area contributed by atoms with Gasteiger partial charge in [-0.15, -0.1) is 0 Å². The Morgan fingerprint density at radius 2 is 1.88 bits per heavy atom. The molecule has 0 aromatic heterocycles. The first-order chi connectivity index (χ1) is 7.99. The molecule has 0 amide bonds. The van der Waals surface area contributed by atoms with Crippen molar-refractivity contribution in [3.05, 3.63) is 0 Å². The Morgan fingerprint density at radius 1 is 1.12 bits per heavy atom. The smallest absolute Gasteiger partial charge is 0.00672 e. The van der Waals surface area contributed by atoms with E-state index < -0.39 is 0 Å². The summed E-state index contributed by atoms with van der Waals surface area (Å²) in [7, 11) is 0. The molecule has 17 heavy (non-hydrogen) atoms. The van der Waals surface area contributed by atoms with Gasteiger partial charge in [-0.2, -0.15) is 0 Å². The van der Waals surface area contributed by atoms with E-state index in [0.717, 1.165) is 12.0 Å². The molecule has 1 fully saturated rings. The van der Waals surface area contributed by atoms with Gasteiger partial charge in [0.1, 0.15) is 0 Å². The van der Waals surface area contributed by atoms with Gasteiger partial charge in [-0.3, -0.25) is 0 Å². The van der Waals surface area contributed by atoms with E-state index in [1.165, 1.54) is 57.9 Å². The molecule has 0 saturated heterocycles. The molecule has 102 valence electrons. The molecule has 0 heterocycles. The van der Waals surface area contributed by atoms with E-state index >= 15 is 0 Å². The number of hydrogen-bond donors (Lipinski definition) is 1. The van der Waals surface area contributed by atoms with Crippen LogP contribution in [0.5, 0.6) is 0 Å². The maximum absolute atomic E-state index is 3.77. The molecule has 0 aliphatic heterocycles. The second-order valence-corrected chi connectivity index (χ2v) is 7.14. The van der Waals surface area contributed by atoms with E-state index in [1.807, 2.05) is 0 Å². The predicted octanol–water partition coefficient (Wildman–Crippen LogP) is 4.76. The van der Waals surface area contributed by atoms with E-state index in [9.17, 15) is 0 Å². The van der Waals surface area contributed by atoms with Crippen molar-refractivity contribution in [1.82, 2.24) is 5.32 Å². The van der Waals surface area contributed by atoms with Crippen LogP contribution >= 0.6 is 0 Å². The molecule has 1 unspecified atom stereocenters.